The van der Waals surface area contributed by atoms with E-state index in [1.165, 1.54) is 109 Å². The van der Waals surface area contributed by atoms with Crippen LogP contribution in [0.15, 0.2) is 48.6 Å². The van der Waals surface area contributed by atoms with Gasteiger partial charge in [-0.2, -0.15) is 0 Å². The molecule has 8 nitrogen and oxygen atoms in total. The molecule has 0 saturated carbocycles. The third-order valence-electron chi connectivity index (χ3n) is 9.70. The van der Waals surface area contributed by atoms with Crippen LogP contribution in [-0.4, -0.2) is 47.8 Å². The third-order valence-corrected chi connectivity index (χ3v) is 10.7. The van der Waals surface area contributed by atoms with Crippen molar-refractivity contribution in [2.75, 3.05) is 19.8 Å². The van der Waals surface area contributed by atoms with Gasteiger partial charge in [0.2, 0.25) is 5.91 Å². The van der Waals surface area contributed by atoms with E-state index in [0.717, 1.165) is 57.8 Å². The van der Waals surface area contributed by atoms with E-state index in [1.54, 1.807) is 0 Å². The molecule has 0 aliphatic heterocycles. The lowest BCUT2D eigenvalue weighted by atomic mass is 10.0. The molecule has 0 aromatic heterocycles. The minimum Gasteiger partial charge on any atom is -0.391 e. The fraction of sp³-hybridized carbons (Fsp3) is 0.800. The van der Waals surface area contributed by atoms with Crippen molar-refractivity contribution in [3.8, 4) is 0 Å². The summed E-state index contributed by atoms with van der Waals surface area (Å²) in [6, 6.07) is -0.797. The molecule has 0 aromatic rings. The number of carbonyl (C=O) groups is 1. The summed E-state index contributed by atoms with van der Waals surface area (Å²) in [6.45, 7) is 4.07. The topological polar surface area (TPSA) is 131 Å². The number of aliphatic hydroxyl groups excluding tert-OH is 1. The van der Waals surface area contributed by atoms with Crippen LogP contribution in [0.5, 0.6) is 0 Å². The number of carbonyl (C=O) groups excluding carboxylic acids is 1. The monoisotopic (exact) mass is 781 g/mol. The summed E-state index contributed by atoms with van der Waals surface area (Å²) in [7, 11) is -4.33. The molecule has 316 valence electrons. The van der Waals surface area contributed by atoms with Crippen LogP contribution in [0.3, 0.4) is 0 Å². The molecule has 54 heavy (non-hydrogen) atoms. The van der Waals surface area contributed by atoms with Crippen LogP contribution < -0.4 is 11.1 Å². The van der Waals surface area contributed by atoms with Crippen molar-refractivity contribution in [3.63, 3.8) is 0 Å². The highest BCUT2D eigenvalue weighted by Gasteiger charge is 2.27. The standard InChI is InChI=1S/C45H85N2O6P/c1-3-5-7-9-11-13-15-17-19-20-21-22-23-25-26-28-30-32-34-36-38-44(48)43(42-53-54(50,51)52-41-40-46)47-45(49)39-37-35-33-31-29-27-24-18-16-14-12-10-8-6-4-2/h6,8,12,14,18,24,29,31,43-44,48H,3-5,7,9-11,13,15-17,19-23,25-28,30,32-42,46H2,1-2H3,(H,47,49)(H,50,51)/b8-6-,14-12-,24-18-,31-29-. The Morgan fingerprint density at radius 2 is 1.07 bits per heavy atom. The van der Waals surface area contributed by atoms with Gasteiger partial charge in [0.15, 0.2) is 0 Å². The number of aliphatic hydroxyl groups is 1. The van der Waals surface area contributed by atoms with Crippen LogP contribution in [0.4, 0.5) is 0 Å². The zero-order valence-corrected chi connectivity index (χ0v) is 35.8. The Kier molecular flexibility index (Phi) is 39.9. The number of amides is 1. The molecule has 3 atom stereocenters. The molecule has 0 saturated heterocycles. The van der Waals surface area contributed by atoms with Gasteiger partial charge < -0.3 is 21.1 Å². The number of hydrogen-bond acceptors (Lipinski definition) is 6. The van der Waals surface area contributed by atoms with Crippen molar-refractivity contribution in [1.82, 2.24) is 5.32 Å². The zero-order chi connectivity index (χ0) is 39.6. The summed E-state index contributed by atoms with van der Waals surface area (Å²) in [6.07, 6.45) is 49.9. The first-order valence-electron chi connectivity index (χ1n) is 22.3. The summed E-state index contributed by atoms with van der Waals surface area (Å²) < 4.78 is 22.2. The molecule has 9 heteroatoms. The second kappa shape index (κ2) is 41.1. The van der Waals surface area contributed by atoms with E-state index in [4.69, 9.17) is 14.8 Å². The average Bonchev–Trinajstić information content (AvgIpc) is 3.16. The van der Waals surface area contributed by atoms with Crippen LogP contribution in [0, 0.1) is 0 Å². The van der Waals surface area contributed by atoms with Crippen LogP contribution in [-0.2, 0) is 18.4 Å². The van der Waals surface area contributed by atoms with Gasteiger partial charge in [0.1, 0.15) is 0 Å². The largest absolute Gasteiger partial charge is 0.472 e. The maximum atomic E-state index is 12.8. The summed E-state index contributed by atoms with van der Waals surface area (Å²) >= 11 is 0. The Balaban J connectivity index is 4.18. The van der Waals surface area contributed by atoms with Crippen molar-refractivity contribution >= 4 is 13.7 Å². The SMILES string of the molecule is CC/C=C\C/C=C\C/C=C\C/C=C\CCCCC(=O)NC(COP(=O)(O)OCCN)C(O)CCCCCCCCCCCCCCCCCCCCCC. The van der Waals surface area contributed by atoms with Crippen molar-refractivity contribution in [3.05, 3.63) is 48.6 Å². The predicted molar refractivity (Wildman–Crippen MR) is 231 cm³/mol. The van der Waals surface area contributed by atoms with Crippen LogP contribution in [0.1, 0.15) is 200 Å². The lowest BCUT2D eigenvalue weighted by Gasteiger charge is -2.25. The van der Waals surface area contributed by atoms with Crippen LogP contribution in [0.25, 0.3) is 0 Å². The van der Waals surface area contributed by atoms with E-state index in [-0.39, 0.29) is 25.7 Å². The molecule has 5 N–H and O–H groups in total. The summed E-state index contributed by atoms with van der Waals surface area (Å²) in [4.78, 5) is 22.7. The molecule has 0 radical (unpaired) electrons. The van der Waals surface area contributed by atoms with Gasteiger partial charge in [0.05, 0.1) is 25.4 Å². The van der Waals surface area contributed by atoms with Crippen molar-refractivity contribution in [2.45, 2.75) is 212 Å². The zero-order valence-electron chi connectivity index (χ0n) is 35.0. The molecule has 0 rings (SSSR count). The minimum absolute atomic E-state index is 0.0804. The molecule has 0 heterocycles. The Morgan fingerprint density at radius 3 is 1.54 bits per heavy atom. The van der Waals surface area contributed by atoms with Crippen molar-refractivity contribution in [1.29, 1.82) is 0 Å². The van der Waals surface area contributed by atoms with Gasteiger partial charge in [-0.25, -0.2) is 4.57 Å². The number of nitrogens with one attached hydrogen (secondary N) is 1. The maximum absolute atomic E-state index is 12.8. The van der Waals surface area contributed by atoms with Gasteiger partial charge in [-0.15, -0.1) is 0 Å². The maximum Gasteiger partial charge on any atom is 0.472 e. The molecular formula is C45H85N2O6P. The van der Waals surface area contributed by atoms with Gasteiger partial charge in [-0.1, -0.05) is 191 Å². The second-order valence-corrected chi connectivity index (χ2v) is 16.3. The Labute approximate surface area is 332 Å². The van der Waals surface area contributed by atoms with Gasteiger partial charge >= 0.3 is 7.82 Å². The highest BCUT2D eigenvalue weighted by atomic mass is 31.2. The molecule has 0 aromatic carbocycles. The summed E-state index contributed by atoms with van der Waals surface area (Å²) in [5.74, 6) is -0.202. The lowest BCUT2D eigenvalue weighted by Crippen LogP contribution is -2.46. The first-order chi connectivity index (χ1) is 26.4. The fourth-order valence-electron chi connectivity index (χ4n) is 6.36. The Hall–Kier alpha value is -1.54. The number of allylic oxidation sites excluding steroid dienone is 8. The minimum atomic E-state index is -4.33. The number of phosphoric acid groups is 1. The number of phosphoric ester groups is 1. The molecule has 0 aliphatic carbocycles. The normalized spacial score (nSPS) is 14.5. The molecule has 3 unspecified atom stereocenters. The van der Waals surface area contributed by atoms with Gasteiger partial charge in [-0.05, 0) is 51.4 Å². The Bertz CT molecular complexity index is 985. The van der Waals surface area contributed by atoms with E-state index in [2.05, 4.69) is 67.8 Å². The van der Waals surface area contributed by atoms with Gasteiger partial charge in [0.25, 0.3) is 0 Å². The van der Waals surface area contributed by atoms with Crippen molar-refractivity contribution in [2.24, 2.45) is 5.73 Å². The molecule has 0 bridgehead atoms. The first kappa shape index (κ1) is 52.5. The quantitative estimate of drug-likeness (QED) is 0.0276. The van der Waals surface area contributed by atoms with Crippen LogP contribution in [0.2, 0.25) is 0 Å². The molecule has 0 fully saturated rings. The molecule has 1 amide bonds. The van der Waals surface area contributed by atoms with Gasteiger partial charge in [-0.3, -0.25) is 13.8 Å². The number of nitrogens with two attached hydrogens (primary N) is 1. The van der Waals surface area contributed by atoms with E-state index < -0.39 is 20.0 Å². The number of unbranched alkanes of at least 4 members (excludes halogenated alkanes) is 21. The van der Waals surface area contributed by atoms with E-state index in [1.807, 2.05) is 0 Å². The average molecular weight is 781 g/mol. The first-order valence-corrected chi connectivity index (χ1v) is 23.7. The summed E-state index contributed by atoms with van der Waals surface area (Å²) in [5, 5.41) is 13.8. The lowest BCUT2D eigenvalue weighted by molar-refractivity contribution is -0.123. The third kappa shape index (κ3) is 38.7. The van der Waals surface area contributed by atoms with Crippen molar-refractivity contribution < 1.29 is 28.4 Å². The van der Waals surface area contributed by atoms with Gasteiger partial charge in [0, 0.05) is 13.0 Å². The smallest absolute Gasteiger partial charge is 0.391 e. The molecule has 0 aliphatic rings. The van der Waals surface area contributed by atoms with E-state index >= 15 is 0 Å². The molecule has 0 spiro atoms. The van der Waals surface area contributed by atoms with E-state index in [0.29, 0.717) is 19.3 Å². The number of rotatable bonds is 41. The predicted octanol–water partition coefficient (Wildman–Crippen LogP) is 12.5. The fourth-order valence-corrected chi connectivity index (χ4v) is 7.12. The molecular weight excluding hydrogens is 695 g/mol. The number of hydrogen-bond donors (Lipinski definition) is 4. The Morgan fingerprint density at radius 1 is 0.630 bits per heavy atom. The summed E-state index contributed by atoms with van der Waals surface area (Å²) in [5.41, 5.74) is 5.38. The van der Waals surface area contributed by atoms with Crippen LogP contribution >= 0.6 is 7.82 Å². The second-order valence-electron chi connectivity index (χ2n) is 14.9. The highest BCUT2D eigenvalue weighted by Crippen LogP contribution is 2.43. The highest BCUT2D eigenvalue weighted by molar-refractivity contribution is 7.47. The van der Waals surface area contributed by atoms with E-state index in [9.17, 15) is 19.4 Å².